The van der Waals surface area contributed by atoms with Gasteiger partial charge in [0.15, 0.2) is 0 Å². The molecule has 0 atom stereocenters. The van der Waals surface area contributed by atoms with Gasteiger partial charge in [-0.25, -0.2) is 0 Å². The van der Waals surface area contributed by atoms with Crippen molar-refractivity contribution >= 4 is 40.5 Å². The molecular weight excluding hydrogens is 314 g/mol. The predicted molar refractivity (Wildman–Crippen MR) is 94.1 cm³/mol. The van der Waals surface area contributed by atoms with Gasteiger partial charge >= 0.3 is 0 Å². The third-order valence-corrected chi connectivity index (χ3v) is 3.35. The lowest BCUT2D eigenvalue weighted by Gasteiger charge is -2.11. The van der Waals surface area contributed by atoms with Gasteiger partial charge in [0.25, 0.3) is 0 Å². The molecule has 2 rings (SSSR count). The lowest BCUT2D eigenvalue weighted by molar-refractivity contribution is -0.115. The zero-order chi connectivity index (χ0) is 16.8. The van der Waals surface area contributed by atoms with Crippen LogP contribution < -0.4 is 16.0 Å². The van der Waals surface area contributed by atoms with Crippen LogP contribution in [0.4, 0.5) is 17.1 Å². The Bertz CT molecular complexity index is 714. The monoisotopic (exact) mass is 331 g/mol. The van der Waals surface area contributed by atoms with Gasteiger partial charge < -0.3 is 16.0 Å². The summed E-state index contributed by atoms with van der Waals surface area (Å²) in [7, 11) is 0. The molecule has 3 N–H and O–H groups in total. The molecule has 0 spiro atoms. The van der Waals surface area contributed by atoms with Crippen LogP contribution in [0.25, 0.3) is 0 Å². The van der Waals surface area contributed by atoms with Crippen molar-refractivity contribution in [2.45, 2.75) is 13.8 Å². The molecule has 120 valence electrons. The smallest absolute Gasteiger partial charge is 0.243 e. The van der Waals surface area contributed by atoms with Crippen LogP contribution in [0, 0.1) is 6.92 Å². The Kier molecular flexibility index (Phi) is 5.60. The molecule has 0 bridgehead atoms. The van der Waals surface area contributed by atoms with E-state index in [0.717, 1.165) is 11.3 Å². The molecule has 5 nitrogen and oxygen atoms in total. The van der Waals surface area contributed by atoms with E-state index in [1.54, 1.807) is 30.3 Å². The average molecular weight is 332 g/mol. The van der Waals surface area contributed by atoms with Crippen molar-refractivity contribution in [1.29, 1.82) is 0 Å². The Morgan fingerprint density at radius 3 is 2.17 bits per heavy atom. The van der Waals surface area contributed by atoms with Gasteiger partial charge in [0.1, 0.15) is 0 Å². The highest BCUT2D eigenvalue weighted by molar-refractivity contribution is 6.30. The fourth-order valence-electron chi connectivity index (χ4n) is 2.05. The molecule has 2 amide bonds. The van der Waals surface area contributed by atoms with Gasteiger partial charge in [-0.15, -0.1) is 0 Å². The van der Waals surface area contributed by atoms with Crippen molar-refractivity contribution in [2.24, 2.45) is 0 Å². The molecular formula is C17H18ClN3O2. The first kappa shape index (κ1) is 16.8. The Labute approximate surface area is 140 Å². The summed E-state index contributed by atoms with van der Waals surface area (Å²) in [4.78, 5) is 22.9. The Balaban J connectivity index is 1.88. The minimum Gasteiger partial charge on any atom is -0.376 e. The first-order valence-corrected chi connectivity index (χ1v) is 7.49. The molecule has 6 heteroatoms. The molecule has 0 saturated carbocycles. The maximum Gasteiger partial charge on any atom is 0.243 e. The van der Waals surface area contributed by atoms with Crippen molar-refractivity contribution in [3.63, 3.8) is 0 Å². The van der Waals surface area contributed by atoms with Crippen LogP contribution in [0.3, 0.4) is 0 Å². The number of aryl methyl sites for hydroxylation is 1. The van der Waals surface area contributed by atoms with Crippen LogP contribution in [0.2, 0.25) is 5.02 Å². The van der Waals surface area contributed by atoms with Crippen LogP contribution >= 0.6 is 11.6 Å². The van der Waals surface area contributed by atoms with E-state index in [-0.39, 0.29) is 18.4 Å². The van der Waals surface area contributed by atoms with E-state index in [1.807, 2.05) is 19.1 Å². The summed E-state index contributed by atoms with van der Waals surface area (Å²) in [5.41, 5.74) is 3.19. The molecule has 0 unspecified atom stereocenters. The van der Waals surface area contributed by atoms with Gasteiger partial charge in [0.2, 0.25) is 11.8 Å². The summed E-state index contributed by atoms with van der Waals surface area (Å²) >= 11 is 5.90. The zero-order valence-corrected chi connectivity index (χ0v) is 13.7. The highest BCUT2D eigenvalue weighted by atomic mass is 35.5. The highest BCUT2D eigenvalue weighted by Gasteiger charge is 2.05. The Hall–Kier alpha value is -2.53. The molecule has 0 heterocycles. The second-order valence-electron chi connectivity index (χ2n) is 5.12. The fourth-order valence-corrected chi connectivity index (χ4v) is 2.27. The summed E-state index contributed by atoms with van der Waals surface area (Å²) in [6.07, 6.45) is 0. The van der Waals surface area contributed by atoms with Crippen molar-refractivity contribution in [2.75, 3.05) is 22.5 Å². The standard InChI is InChI=1S/C17H18ClN3O2/c1-11-9-13(18)3-8-16(11)19-10-17(23)21-15-6-4-14(5-7-15)20-12(2)22/h3-9,19H,10H2,1-2H3,(H,20,22)(H,21,23). The van der Waals surface area contributed by atoms with Gasteiger partial charge in [-0.05, 0) is 55.0 Å². The van der Waals surface area contributed by atoms with E-state index < -0.39 is 0 Å². The summed E-state index contributed by atoms with van der Waals surface area (Å²) < 4.78 is 0. The second-order valence-corrected chi connectivity index (χ2v) is 5.56. The zero-order valence-electron chi connectivity index (χ0n) is 12.9. The van der Waals surface area contributed by atoms with Crippen LogP contribution in [-0.4, -0.2) is 18.4 Å². The number of benzene rings is 2. The molecule has 0 aliphatic carbocycles. The van der Waals surface area contributed by atoms with E-state index in [1.165, 1.54) is 6.92 Å². The molecule has 0 saturated heterocycles. The lowest BCUT2D eigenvalue weighted by atomic mass is 10.2. The van der Waals surface area contributed by atoms with Crippen molar-refractivity contribution in [3.8, 4) is 0 Å². The van der Waals surface area contributed by atoms with Gasteiger partial charge in [0.05, 0.1) is 6.54 Å². The topological polar surface area (TPSA) is 70.2 Å². The van der Waals surface area contributed by atoms with E-state index in [9.17, 15) is 9.59 Å². The van der Waals surface area contributed by atoms with Crippen molar-refractivity contribution < 1.29 is 9.59 Å². The lowest BCUT2D eigenvalue weighted by Crippen LogP contribution is -2.22. The quantitative estimate of drug-likeness (QED) is 0.783. The number of anilines is 3. The number of hydrogen-bond donors (Lipinski definition) is 3. The summed E-state index contributed by atoms with van der Waals surface area (Å²) in [5.74, 6) is -0.295. The molecule has 0 aliphatic heterocycles. The average Bonchev–Trinajstić information content (AvgIpc) is 2.48. The van der Waals surface area contributed by atoms with Gasteiger partial charge in [-0.1, -0.05) is 11.6 Å². The normalized spacial score (nSPS) is 10.0. The molecule has 0 radical (unpaired) electrons. The Morgan fingerprint density at radius 2 is 1.61 bits per heavy atom. The largest absolute Gasteiger partial charge is 0.376 e. The number of nitrogens with one attached hydrogen (secondary N) is 3. The Morgan fingerprint density at radius 1 is 1.00 bits per heavy atom. The van der Waals surface area contributed by atoms with Gasteiger partial charge in [-0.2, -0.15) is 0 Å². The molecule has 0 aliphatic rings. The number of hydrogen-bond acceptors (Lipinski definition) is 3. The summed E-state index contributed by atoms with van der Waals surface area (Å²) in [6.45, 7) is 3.52. The van der Waals surface area contributed by atoms with Gasteiger partial charge in [0, 0.05) is 29.0 Å². The van der Waals surface area contributed by atoms with Crippen LogP contribution in [-0.2, 0) is 9.59 Å². The molecule has 0 fully saturated rings. The maximum absolute atomic E-state index is 12.0. The minimum absolute atomic E-state index is 0.135. The highest BCUT2D eigenvalue weighted by Crippen LogP contribution is 2.19. The third-order valence-electron chi connectivity index (χ3n) is 3.12. The first-order valence-electron chi connectivity index (χ1n) is 7.11. The summed E-state index contributed by atoms with van der Waals surface area (Å²) in [6, 6.07) is 12.4. The molecule has 0 aromatic heterocycles. The predicted octanol–water partition coefficient (Wildman–Crippen LogP) is 3.66. The van der Waals surface area contributed by atoms with Crippen molar-refractivity contribution in [3.05, 3.63) is 53.1 Å². The maximum atomic E-state index is 12.0. The second kappa shape index (κ2) is 7.65. The third kappa shape index (κ3) is 5.30. The SMILES string of the molecule is CC(=O)Nc1ccc(NC(=O)CNc2ccc(Cl)cc2C)cc1. The van der Waals surface area contributed by atoms with E-state index in [4.69, 9.17) is 11.6 Å². The minimum atomic E-state index is -0.161. The number of amides is 2. The van der Waals surface area contributed by atoms with Gasteiger partial charge in [-0.3, -0.25) is 9.59 Å². The fraction of sp³-hybridized carbons (Fsp3) is 0.176. The number of carbonyl (C=O) groups excluding carboxylic acids is 2. The van der Waals surface area contributed by atoms with E-state index >= 15 is 0 Å². The number of rotatable bonds is 5. The molecule has 2 aromatic rings. The molecule has 2 aromatic carbocycles. The first-order chi connectivity index (χ1) is 10.9. The van der Waals surface area contributed by atoms with E-state index in [2.05, 4.69) is 16.0 Å². The van der Waals surface area contributed by atoms with Crippen LogP contribution in [0.15, 0.2) is 42.5 Å². The van der Waals surface area contributed by atoms with Crippen molar-refractivity contribution in [1.82, 2.24) is 0 Å². The number of halogens is 1. The molecule has 23 heavy (non-hydrogen) atoms. The summed E-state index contributed by atoms with van der Waals surface area (Å²) in [5, 5.41) is 9.18. The van der Waals surface area contributed by atoms with Crippen LogP contribution in [0.1, 0.15) is 12.5 Å². The number of carbonyl (C=O) groups is 2. The van der Waals surface area contributed by atoms with E-state index in [0.29, 0.717) is 16.4 Å². The van der Waals surface area contributed by atoms with Crippen LogP contribution in [0.5, 0.6) is 0 Å².